The Hall–Kier alpha value is -3.78. The number of aromatic nitrogens is 1. The van der Waals surface area contributed by atoms with E-state index in [4.69, 9.17) is 4.18 Å². The number of anilines is 1. The largest absolute Gasteiger partial charge is 0.378 e. The van der Waals surface area contributed by atoms with Crippen molar-refractivity contribution in [2.24, 2.45) is 0 Å². The molecule has 0 saturated heterocycles. The van der Waals surface area contributed by atoms with Crippen molar-refractivity contribution in [3.63, 3.8) is 0 Å². The number of nitrogens with one attached hydrogen (secondary N) is 1. The Morgan fingerprint density at radius 1 is 0.968 bits per heavy atom. The number of amides is 1. The highest BCUT2D eigenvalue weighted by molar-refractivity contribution is 7.87. The number of carbonyl (C=O) groups is 1. The van der Waals surface area contributed by atoms with E-state index >= 15 is 0 Å². The van der Waals surface area contributed by atoms with Crippen LogP contribution in [0.4, 0.5) is 10.1 Å². The van der Waals surface area contributed by atoms with Crippen LogP contribution in [0.15, 0.2) is 83.9 Å². The highest BCUT2D eigenvalue weighted by Crippen LogP contribution is 2.32. The molecule has 0 bridgehead atoms. The summed E-state index contributed by atoms with van der Waals surface area (Å²) in [5, 5.41) is 3.13. The molecule has 0 unspecified atom stereocenters. The van der Waals surface area contributed by atoms with Gasteiger partial charge in [-0.2, -0.15) is 8.42 Å². The van der Waals surface area contributed by atoms with Gasteiger partial charge >= 0.3 is 10.1 Å². The average molecular weight is 436 g/mol. The molecule has 8 heteroatoms. The van der Waals surface area contributed by atoms with Crippen LogP contribution in [0.2, 0.25) is 0 Å². The highest BCUT2D eigenvalue weighted by atomic mass is 32.2. The van der Waals surface area contributed by atoms with Crippen LogP contribution in [0.3, 0.4) is 0 Å². The van der Waals surface area contributed by atoms with Crippen molar-refractivity contribution >= 4 is 32.6 Å². The maximum atomic E-state index is 13.1. The number of carbonyl (C=O) groups excluding carboxylic acids is 1. The smallest absolute Gasteiger partial charge is 0.339 e. The van der Waals surface area contributed by atoms with Gasteiger partial charge in [-0.05, 0) is 67.6 Å². The summed E-state index contributed by atoms with van der Waals surface area (Å²) in [6.45, 7) is 1.86. The summed E-state index contributed by atoms with van der Waals surface area (Å²) >= 11 is 0. The maximum absolute atomic E-state index is 13.1. The van der Waals surface area contributed by atoms with Gasteiger partial charge in [0.25, 0.3) is 5.91 Å². The summed E-state index contributed by atoms with van der Waals surface area (Å²) in [6.07, 6.45) is 1.52. The number of pyridine rings is 1. The number of hydrogen-bond donors (Lipinski definition) is 1. The van der Waals surface area contributed by atoms with Crippen molar-refractivity contribution in [1.82, 2.24) is 4.98 Å². The summed E-state index contributed by atoms with van der Waals surface area (Å²) in [7, 11) is -4.06. The lowest BCUT2D eigenvalue weighted by Gasteiger charge is -2.13. The van der Waals surface area contributed by atoms with E-state index in [2.05, 4.69) is 10.3 Å². The van der Waals surface area contributed by atoms with Gasteiger partial charge in [-0.1, -0.05) is 17.7 Å². The number of nitrogens with zero attached hydrogens (tertiary/aromatic N) is 1. The van der Waals surface area contributed by atoms with E-state index in [9.17, 15) is 17.6 Å². The zero-order valence-electron chi connectivity index (χ0n) is 16.4. The van der Waals surface area contributed by atoms with Crippen LogP contribution < -0.4 is 9.50 Å². The Morgan fingerprint density at radius 3 is 2.39 bits per heavy atom. The number of rotatable bonds is 5. The molecule has 4 aromatic rings. The standard InChI is InChI=1S/C23H17FN2O4S/c1-15-4-10-18(11-5-15)31(28,29)30-21-13-12-20(22-19(21)3-2-14-25-22)26-23(27)16-6-8-17(24)9-7-16/h2-14H,1H3,(H,26,27). The minimum atomic E-state index is -4.06. The first-order chi connectivity index (χ1) is 14.8. The molecule has 31 heavy (non-hydrogen) atoms. The molecule has 6 nitrogen and oxygen atoms in total. The van der Waals surface area contributed by atoms with Crippen molar-refractivity contribution in [3.05, 3.63) is 95.9 Å². The predicted octanol–water partition coefficient (Wildman–Crippen LogP) is 4.70. The Balaban J connectivity index is 1.67. The van der Waals surface area contributed by atoms with Crippen molar-refractivity contribution < 1.29 is 21.8 Å². The molecular formula is C23H17FN2O4S. The molecule has 4 rings (SSSR count). The second-order valence-corrected chi connectivity index (χ2v) is 8.37. The van der Waals surface area contributed by atoms with Crippen LogP contribution in [0, 0.1) is 12.7 Å². The minimum Gasteiger partial charge on any atom is -0.378 e. The lowest BCUT2D eigenvalue weighted by atomic mass is 10.1. The fourth-order valence-electron chi connectivity index (χ4n) is 2.99. The Morgan fingerprint density at radius 2 is 1.68 bits per heavy atom. The third-order valence-corrected chi connectivity index (χ3v) is 5.84. The van der Waals surface area contributed by atoms with Crippen molar-refractivity contribution in [2.45, 2.75) is 11.8 Å². The molecule has 1 N–H and O–H groups in total. The summed E-state index contributed by atoms with van der Waals surface area (Å²) in [5.41, 5.74) is 1.92. The van der Waals surface area contributed by atoms with E-state index in [1.807, 2.05) is 6.92 Å². The third kappa shape index (κ3) is 4.39. The van der Waals surface area contributed by atoms with Crippen LogP contribution >= 0.6 is 0 Å². The summed E-state index contributed by atoms with van der Waals surface area (Å²) < 4.78 is 43.9. The summed E-state index contributed by atoms with van der Waals surface area (Å²) in [5.74, 6) is -0.809. The first-order valence-electron chi connectivity index (χ1n) is 9.29. The Labute approximate surface area is 178 Å². The lowest BCUT2D eigenvalue weighted by molar-refractivity contribution is 0.102. The molecule has 1 amide bonds. The van der Waals surface area contributed by atoms with Gasteiger partial charge in [-0.15, -0.1) is 0 Å². The molecule has 1 heterocycles. The van der Waals surface area contributed by atoms with Crippen LogP contribution in [0.25, 0.3) is 10.9 Å². The van der Waals surface area contributed by atoms with E-state index in [-0.39, 0.29) is 16.2 Å². The van der Waals surface area contributed by atoms with Gasteiger partial charge in [-0.25, -0.2) is 4.39 Å². The van der Waals surface area contributed by atoms with Crippen molar-refractivity contribution in [1.29, 1.82) is 0 Å². The summed E-state index contributed by atoms with van der Waals surface area (Å²) in [6, 6.07) is 17.7. The van der Waals surface area contributed by atoms with E-state index in [0.717, 1.165) is 5.56 Å². The molecule has 156 valence electrons. The number of aryl methyl sites for hydroxylation is 1. The zero-order chi connectivity index (χ0) is 22.0. The zero-order valence-corrected chi connectivity index (χ0v) is 17.2. The molecule has 0 saturated carbocycles. The minimum absolute atomic E-state index is 0.0313. The molecule has 0 atom stereocenters. The molecule has 3 aromatic carbocycles. The molecule has 0 spiro atoms. The van der Waals surface area contributed by atoms with E-state index in [1.165, 1.54) is 54.7 Å². The monoisotopic (exact) mass is 436 g/mol. The highest BCUT2D eigenvalue weighted by Gasteiger charge is 2.19. The number of hydrogen-bond acceptors (Lipinski definition) is 5. The molecule has 0 aliphatic heterocycles. The normalized spacial score (nSPS) is 11.3. The topological polar surface area (TPSA) is 85.4 Å². The lowest BCUT2D eigenvalue weighted by Crippen LogP contribution is -2.13. The Bertz CT molecular complexity index is 1370. The summed E-state index contributed by atoms with van der Waals surface area (Å²) in [4.78, 5) is 16.8. The predicted molar refractivity (Wildman–Crippen MR) is 115 cm³/mol. The van der Waals surface area contributed by atoms with E-state index in [1.54, 1.807) is 24.3 Å². The molecule has 1 aromatic heterocycles. The molecule has 0 aliphatic rings. The van der Waals surface area contributed by atoms with Gasteiger partial charge < -0.3 is 9.50 Å². The van der Waals surface area contributed by atoms with Gasteiger partial charge in [0.2, 0.25) is 0 Å². The third-order valence-electron chi connectivity index (χ3n) is 4.59. The first kappa shape index (κ1) is 20.5. The van der Waals surface area contributed by atoms with Gasteiger partial charge in [0.1, 0.15) is 10.7 Å². The second-order valence-electron chi connectivity index (χ2n) is 6.82. The van der Waals surface area contributed by atoms with E-state index in [0.29, 0.717) is 16.6 Å². The molecule has 0 aliphatic carbocycles. The van der Waals surface area contributed by atoms with Crippen LogP contribution in [-0.4, -0.2) is 19.3 Å². The van der Waals surface area contributed by atoms with Gasteiger partial charge in [-0.3, -0.25) is 9.78 Å². The number of fused-ring (bicyclic) bond motifs is 1. The van der Waals surface area contributed by atoms with Crippen molar-refractivity contribution in [2.75, 3.05) is 5.32 Å². The second kappa shape index (κ2) is 8.16. The SMILES string of the molecule is Cc1ccc(S(=O)(=O)Oc2ccc(NC(=O)c3ccc(F)cc3)c3ncccc23)cc1. The number of halogens is 1. The fourth-order valence-corrected chi connectivity index (χ4v) is 3.93. The van der Waals surface area contributed by atoms with Gasteiger partial charge in [0.05, 0.1) is 11.2 Å². The molecule has 0 radical (unpaired) electrons. The van der Waals surface area contributed by atoms with Crippen LogP contribution in [-0.2, 0) is 10.1 Å². The van der Waals surface area contributed by atoms with Crippen LogP contribution in [0.5, 0.6) is 5.75 Å². The fraction of sp³-hybridized carbons (Fsp3) is 0.0435. The maximum Gasteiger partial charge on any atom is 0.339 e. The first-order valence-corrected chi connectivity index (χ1v) is 10.7. The quantitative estimate of drug-likeness (QED) is 0.458. The average Bonchev–Trinajstić information content (AvgIpc) is 2.76. The van der Waals surface area contributed by atoms with Crippen molar-refractivity contribution in [3.8, 4) is 5.75 Å². The van der Waals surface area contributed by atoms with E-state index < -0.39 is 21.8 Å². The molecule has 0 fully saturated rings. The number of benzene rings is 3. The Kier molecular flexibility index (Phi) is 5.39. The van der Waals surface area contributed by atoms with Gasteiger partial charge in [0, 0.05) is 17.1 Å². The van der Waals surface area contributed by atoms with Gasteiger partial charge in [0.15, 0.2) is 5.75 Å². The molecular weight excluding hydrogens is 419 g/mol. The van der Waals surface area contributed by atoms with Crippen LogP contribution in [0.1, 0.15) is 15.9 Å².